The van der Waals surface area contributed by atoms with Gasteiger partial charge in [-0.05, 0) is 55.7 Å². The Kier molecular flexibility index (Phi) is 2.34. The van der Waals surface area contributed by atoms with Gasteiger partial charge in [0, 0.05) is 11.3 Å². The molecule has 0 N–H and O–H groups in total. The number of hydrogen-bond donors (Lipinski definition) is 0. The first-order valence-electron chi connectivity index (χ1n) is 6.15. The standard InChI is InChI=1S/C15H17N/c1-10-4-3-5-14(10)12-6-7-13-9-16-11(2)15(13)8-12/h1,6-8,10,14H,3-5,9H2,2H3. The van der Waals surface area contributed by atoms with Crippen LogP contribution in [0.5, 0.6) is 0 Å². The smallest absolute Gasteiger partial charge is 0.0649 e. The van der Waals surface area contributed by atoms with Crippen LogP contribution in [0.3, 0.4) is 0 Å². The van der Waals surface area contributed by atoms with Crippen LogP contribution < -0.4 is 0 Å². The number of aliphatic imine (C=N–C) groups is 1. The van der Waals surface area contributed by atoms with E-state index in [1.165, 1.54) is 41.7 Å². The Morgan fingerprint density at radius 1 is 1.31 bits per heavy atom. The average Bonchev–Trinajstić information content (AvgIpc) is 2.86. The largest absolute Gasteiger partial charge is 0.285 e. The van der Waals surface area contributed by atoms with Gasteiger partial charge in [-0.25, -0.2) is 0 Å². The van der Waals surface area contributed by atoms with E-state index in [9.17, 15) is 0 Å². The zero-order valence-electron chi connectivity index (χ0n) is 9.74. The van der Waals surface area contributed by atoms with E-state index in [1.54, 1.807) is 0 Å². The van der Waals surface area contributed by atoms with Crippen LogP contribution in [0.4, 0.5) is 0 Å². The first-order valence-corrected chi connectivity index (χ1v) is 6.15. The Bertz CT molecular complexity index is 445. The van der Waals surface area contributed by atoms with Crippen molar-refractivity contribution in [3.63, 3.8) is 0 Å². The van der Waals surface area contributed by atoms with Crippen LogP contribution in [0, 0.1) is 12.8 Å². The predicted molar refractivity (Wildman–Crippen MR) is 66.7 cm³/mol. The molecule has 1 fully saturated rings. The van der Waals surface area contributed by atoms with Gasteiger partial charge in [0.05, 0.1) is 6.54 Å². The SMILES string of the molecule is [CH]C1CCCC1c1ccc2c(c1)C(C)=NC2. The lowest BCUT2D eigenvalue weighted by atomic mass is 9.88. The fourth-order valence-electron chi connectivity index (χ4n) is 2.99. The Labute approximate surface area is 97.6 Å². The highest BCUT2D eigenvalue weighted by Crippen LogP contribution is 2.39. The topological polar surface area (TPSA) is 12.4 Å². The molecule has 1 aliphatic heterocycles. The van der Waals surface area contributed by atoms with Crippen LogP contribution in [0.2, 0.25) is 0 Å². The molecule has 1 saturated carbocycles. The lowest BCUT2D eigenvalue weighted by Crippen LogP contribution is -2.04. The van der Waals surface area contributed by atoms with Gasteiger partial charge in [-0.15, -0.1) is 0 Å². The predicted octanol–water partition coefficient (Wildman–Crippen LogP) is 3.60. The lowest BCUT2D eigenvalue weighted by Gasteiger charge is -2.16. The summed E-state index contributed by atoms with van der Waals surface area (Å²) >= 11 is 0. The van der Waals surface area contributed by atoms with Gasteiger partial charge in [-0.1, -0.05) is 18.6 Å². The summed E-state index contributed by atoms with van der Waals surface area (Å²) in [5.41, 5.74) is 5.31. The van der Waals surface area contributed by atoms with Crippen molar-refractivity contribution < 1.29 is 0 Å². The fourth-order valence-corrected chi connectivity index (χ4v) is 2.99. The van der Waals surface area contributed by atoms with Crippen LogP contribution >= 0.6 is 0 Å². The van der Waals surface area contributed by atoms with Crippen molar-refractivity contribution in [2.45, 2.75) is 38.6 Å². The Morgan fingerprint density at radius 3 is 2.94 bits per heavy atom. The van der Waals surface area contributed by atoms with Crippen molar-refractivity contribution in [2.24, 2.45) is 10.9 Å². The van der Waals surface area contributed by atoms with Gasteiger partial charge in [0.1, 0.15) is 0 Å². The van der Waals surface area contributed by atoms with E-state index in [2.05, 4.69) is 30.1 Å². The second kappa shape index (κ2) is 3.73. The number of nitrogens with zero attached hydrogens (tertiary/aromatic N) is 1. The molecule has 16 heavy (non-hydrogen) atoms. The molecule has 0 aromatic heterocycles. The molecular formula is C15H17N. The zero-order valence-corrected chi connectivity index (χ0v) is 9.74. The fraction of sp³-hybridized carbons (Fsp3) is 0.467. The molecule has 0 bridgehead atoms. The van der Waals surface area contributed by atoms with Crippen molar-refractivity contribution in [2.75, 3.05) is 0 Å². The summed E-state index contributed by atoms with van der Waals surface area (Å²) in [6, 6.07) is 6.80. The molecule has 2 atom stereocenters. The highest BCUT2D eigenvalue weighted by Gasteiger charge is 2.26. The van der Waals surface area contributed by atoms with Crippen LogP contribution in [-0.4, -0.2) is 5.71 Å². The van der Waals surface area contributed by atoms with E-state index in [0.29, 0.717) is 11.8 Å². The third-order valence-corrected chi connectivity index (χ3v) is 4.01. The molecule has 0 spiro atoms. The molecule has 1 heterocycles. The maximum atomic E-state index is 6.16. The molecule has 1 nitrogen and oxygen atoms in total. The molecule has 2 radical (unpaired) electrons. The van der Waals surface area contributed by atoms with Crippen molar-refractivity contribution in [3.05, 3.63) is 41.8 Å². The quantitative estimate of drug-likeness (QED) is 0.673. The number of fused-ring (bicyclic) bond motifs is 1. The molecule has 2 aliphatic rings. The lowest BCUT2D eigenvalue weighted by molar-refractivity contribution is 0.587. The number of hydrogen-bond acceptors (Lipinski definition) is 1. The van der Waals surface area contributed by atoms with Crippen molar-refractivity contribution >= 4 is 5.71 Å². The van der Waals surface area contributed by atoms with Crippen molar-refractivity contribution in [1.82, 2.24) is 0 Å². The Balaban J connectivity index is 1.97. The summed E-state index contributed by atoms with van der Waals surface area (Å²) < 4.78 is 0. The second-order valence-electron chi connectivity index (χ2n) is 5.02. The van der Waals surface area contributed by atoms with Crippen molar-refractivity contribution in [3.8, 4) is 0 Å². The molecule has 82 valence electrons. The van der Waals surface area contributed by atoms with Crippen molar-refractivity contribution in [1.29, 1.82) is 0 Å². The van der Waals surface area contributed by atoms with Gasteiger partial charge in [0.25, 0.3) is 0 Å². The molecule has 0 amide bonds. The molecule has 1 aromatic carbocycles. The summed E-state index contributed by atoms with van der Waals surface area (Å²) in [6.45, 7) is 9.12. The molecule has 1 heteroatoms. The summed E-state index contributed by atoms with van der Waals surface area (Å²) in [5.74, 6) is 0.926. The van der Waals surface area contributed by atoms with Gasteiger partial charge in [0.2, 0.25) is 0 Å². The minimum atomic E-state index is 0.358. The van der Waals surface area contributed by atoms with E-state index in [-0.39, 0.29) is 0 Å². The van der Waals surface area contributed by atoms with E-state index in [0.717, 1.165) is 6.54 Å². The first-order chi connectivity index (χ1) is 7.75. The average molecular weight is 211 g/mol. The van der Waals surface area contributed by atoms with E-state index < -0.39 is 0 Å². The maximum Gasteiger partial charge on any atom is 0.0649 e. The van der Waals surface area contributed by atoms with Gasteiger partial charge >= 0.3 is 0 Å². The number of benzene rings is 1. The maximum absolute atomic E-state index is 6.16. The van der Waals surface area contributed by atoms with Gasteiger partial charge in [0.15, 0.2) is 0 Å². The van der Waals surface area contributed by atoms with Crippen LogP contribution in [-0.2, 0) is 6.54 Å². The van der Waals surface area contributed by atoms with Crippen LogP contribution in [0.1, 0.15) is 48.8 Å². The Morgan fingerprint density at radius 2 is 2.19 bits per heavy atom. The van der Waals surface area contributed by atoms with Crippen LogP contribution in [0.15, 0.2) is 23.2 Å². The summed E-state index contributed by atoms with van der Waals surface area (Å²) in [7, 11) is 0. The minimum absolute atomic E-state index is 0.358. The molecule has 1 aromatic rings. The summed E-state index contributed by atoms with van der Waals surface area (Å²) in [4.78, 5) is 4.48. The van der Waals surface area contributed by atoms with Gasteiger partial charge in [-0.3, -0.25) is 4.99 Å². The second-order valence-corrected chi connectivity index (χ2v) is 5.02. The van der Waals surface area contributed by atoms with E-state index >= 15 is 0 Å². The monoisotopic (exact) mass is 211 g/mol. The molecule has 1 aliphatic carbocycles. The van der Waals surface area contributed by atoms with Crippen LogP contribution in [0.25, 0.3) is 0 Å². The Hall–Kier alpha value is -1.11. The minimum Gasteiger partial charge on any atom is -0.285 e. The molecule has 0 saturated heterocycles. The third kappa shape index (κ3) is 1.50. The summed E-state index contributed by atoms with van der Waals surface area (Å²) in [6.07, 6.45) is 3.70. The molecule has 3 rings (SSSR count). The summed E-state index contributed by atoms with van der Waals surface area (Å²) in [5, 5.41) is 0. The highest BCUT2D eigenvalue weighted by atomic mass is 14.8. The number of rotatable bonds is 1. The third-order valence-electron chi connectivity index (χ3n) is 4.01. The molecule has 2 unspecified atom stereocenters. The van der Waals surface area contributed by atoms with Gasteiger partial charge < -0.3 is 0 Å². The zero-order chi connectivity index (χ0) is 11.1. The first kappa shape index (κ1) is 10.1. The molecular weight excluding hydrogens is 194 g/mol. The van der Waals surface area contributed by atoms with Gasteiger partial charge in [-0.2, -0.15) is 0 Å². The van der Waals surface area contributed by atoms with E-state index in [4.69, 9.17) is 6.92 Å². The highest BCUT2D eigenvalue weighted by molar-refractivity contribution is 6.02. The normalized spacial score (nSPS) is 28.0. The van der Waals surface area contributed by atoms with E-state index in [1.807, 2.05) is 0 Å².